The third-order valence-corrected chi connectivity index (χ3v) is 1.79. The van der Waals surface area contributed by atoms with Gasteiger partial charge in [0.1, 0.15) is 5.15 Å². The lowest BCUT2D eigenvalue weighted by atomic mass is 10.3. The van der Waals surface area contributed by atoms with Crippen molar-refractivity contribution in [2.75, 3.05) is 14.2 Å². The number of aromatic nitrogens is 1. The number of ether oxygens (including phenoxy) is 2. The van der Waals surface area contributed by atoms with Crippen molar-refractivity contribution < 1.29 is 9.47 Å². The molecule has 0 aliphatic heterocycles. The van der Waals surface area contributed by atoms with Crippen molar-refractivity contribution in [3.63, 3.8) is 0 Å². The van der Waals surface area contributed by atoms with Crippen LogP contribution in [0, 0.1) is 0 Å². The molecule has 0 aromatic carbocycles. The summed E-state index contributed by atoms with van der Waals surface area (Å²) in [5.41, 5.74) is 0.740. The standard InChI is InChI=1S/C8H10ClNO2/c1-11-8(12-2)6-4-3-5-10-7(6)9/h3-5,8H,1-2H3. The van der Waals surface area contributed by atoms with Gasteiger partial charge in [0.15, 0.2) is 6.29 Å². The molecule has 0 amide bonds. The molecule has 0 atom stereocenters. The van der Waals surface area contributed by atoms with Crippen LogP contribution in [0.5, 0.6) is 0 Å². The molecule has 3 nitrogen and oxygen atoms in total. The van der Waals surface area contributed by atoms with E-state index in [2.05, 4.69) is 4.98 Å². The molecule has 0 fully saturated rings. The summed E-state index contributed by atoms with van der Waals surface area (Å²) >= 11 is 5.81. The van der Waals surface area contributed by atoms with Gasteiger partial charge in [-0.05, 0) is 12.1 Å². The number of hydrogen-bond donors (Lipinski definition) is 0. The summed E-state index contributed by atoms with van der Waals surface area (Å²) in [6, 6.07) is 3.60. The lowest BCUT2D eigenvalue weighted by Crippen LogP contribution is -2.04. The van der Waals surface area contributed by atoms with E-state index < -0.39 is 6.29 Å². The summed E-state index contributed by atoms with van der Waals surface area (Å²) in [5, 5.41) is 0.409. The summed E-state index contributed by atoms with van der Waals surface area (Å²) in [4.78, 5) is 3.90. The van der Waals surface area contributed by atoms with Crippen molar-refractivity contribution in [2.45, 2.75) is 6.29 Å². The van der Waals surface area contributed by atoms with Crippen LogP contribution in [0.25, 0.3) is 0 Å². The van der Waals surface area contributed by atoms with Gasteiger partial charge in [-0.3, -0.25) is 0 Å². The summed E-state index contributed by atoms with van der Waals surface area (Å²) in [7, 11) is 3.11. The molecule has 1 rings (SSSR count). The fourth-order valence-corrected chi connectivity index (χ4v) is 1.13. The second-order valence-electron chi connectivity index (χ2n) is 2.19. The summed E-state index contributed by atoms with van der Waals surface area (Å²) in [6.07, 6.45) is 1.18. The average Bonchev–Trinajstić information content (AvgIpc) is 2.10. The third-order valence-electron chi connectivity index (χ3n) is 1.47. The minimum Gasteiger partial charge on any atom is -0.352 e. The summed E-state index contributed by atoms with van der Waals surface area (Å²) < 4.78 is 10.0. The van der Waals surface area contributed by atoms with E-state index in [-0.39, 0.29) is 0 Å². The summed E-state index contributed by atoms with van der Waals surface area (Å²) in [5.74, 6) is 0. The number of methoxy groups -OCH3 is 2. The minimum atomic E-state index is -0.439. The van der Waals surface area contributed by atoms with E-state index in [1.807, 2.05) is 6.07 Å². The lowest BCUT2D eigenvalue weighted by Gasteiger charge is -2.13. The molecule has 0 saturated heterocycles. The molecule has 0 aliphatic carbocycles. The van der Waals surface area contributed by atoms with Crippen molar-refractivity contribution in [3.05, 3.63) is 29.0 Å². The Labute approximate surface area is 76.3 Å². The molecular formula is C8H10ClNO2. The van der Waals surface area contributed by atoms with Gasteiger partial charge in [-0.2, -0.15) is 0 Å². The Kier molecular flexibility index (Phi) is 3.47. The average molecular weight is 188 g/mol. The lowest BCUT2D eigenvalue weighted by molar-refractivity contribution is -0.106. The Morgan fingerprint density at radius 1 is 1.42 bits per heavy atom. The highest BCUT2D eigenvalue weighted by molar-refractivity contribution is 6.30. The van der Waals surface area contributed by atoms with Crippen LogP contribution >= 0.6 is 11.6 Å². The predicted molar refractivity (Wildman–Crippen MR) is 46.0 cm³/mol. The van der Waals surface area contributed by atoms with Gasteiger partial charge < -0.3 is 9.47 Å². The van der Waals surface area contributed by atoms with Gasteiger partial charge in [0.05, 0.1) is 0 Å². The molecule has 0 unspecified atom stereocenters. The Bertz CT molecular complexity index is 251. The topological polar surface area (TPSA) is 31.4 Å². The Balaban J connectivity index is 2.92. The highest BCUT2D eigenvalue weighted by Gasteiger charge is 2.12. The van der Waals surface area contributed by atoms with Gasteiger partial charge in [-0.25, -0.2) is 4.98 Å². The zero-order valence-electron chi connectivity index (χ0n) is 6.95. The van der Waals surface area contributed by atoms with Crippen molar-refractivity contribution in [2.24, 2.45) is 0 Å². The molecule has 0 spiro atoms. The van der Waals surface area contributed by atoms with E-state index in [4.69, 9.17) is 21.1 Å². The molecule has 1 aromatic heterocycles. The normalized spacial score (nSPS) is 10.7. The molecule has 0 saturated carbocycles. The molecule has 12 heavy (non-hydrogen) atoms. The Hall–Kier alpha value is -0.640. The zero-order valence-corrected chi connectivity index (χ0v) is 7.71. The monoisotopic (exact) mass is 187 g/mol. The maximum absolute atomic E-state index is 5.81. The van der Waals surface area contributed by atoms with Crippen LogP contribution in [0.2, 0.25) is 5.15 Å². The third kappa shape index (κ3) is 1.94. The van der Waals surface area contributed by atoms with Crippen molar-refractivity contribution in [1.29, 1.82) is 0 Å². The van der Waals surface area contributed by atoms with Crippen LogP contribution in [0.3, 0.4) is 0 Å². The van der Waals surface area contributed by atoms with E-state index in [1.54, 1.807) is 26.5 Å². The van der Waals surface area contributed by atoms with E-state index >= 15 is 0 Å². The quantitative estimate of drug-likeness (QED) is 0.536. The minimum absolute atomic E-state index is 0.409. The maximum atomic E-state index is 5.81. The fraction of sp³-hybridized carbons (Fsp3) is 0.375. The van der Waals surface area contributed by atoms with E-state index in [1.165, 1.54) is 0 Å². The molecular weight excluding hydrogens is 178 g/mol. The Morgan fingerprint density at radius 3 is 2.58 bits per heavy atom. The first-order chi connectivity index (χ1) is 5.79. The van der Waals surface area contributed by atoms with Crippen molar-refractivity contribution in [3.8, 4) is 0 Å². The van der Waals surface area contributed by atoms with Gasteiger partial charge in [0, 0.05) is 26.0 Å². The molecule has 4 heteroatoms. The van der Waals surface area contributed by atoms with E-state index in [0.717, 1.165) is 5.56 Å². The van der Waals surface area contributed by atoms with Gasteiger partial charge >= 0.3 is 0 Å². The number of halogens is 1. The van der Waals surface area contributed by atoms with Gasteiger partial charge in [-0.1, -0.05) is 11.6 Å². The van der Waals surface area contributed by atoms with E-state index in [0.29, 0.717) is 5.15 Å². The van der Waals surface area contributed by atoms with Crippen LogP contribution in [-0.4, -0.2) is 19.2 Å². The van der Waals surface area contributed by atoms with Gasteiger partial charge in [-0.15, -0.1) is 0 Å². The van der Waals surface area contributed by atoms with Crippen LogP contribution in [0.1, 0.15) is 11.9 Å². The number of nitrogens with zero attached hydrogens (tertiary/aromatic N) is 1. The fourth-order valence-electron chi connectivity index (χ4n) is 0.924. The molecule has 0 N–H and O–H groups in total. The van der Waals surface area contributed by atoms with Crippen LogP contribution in [0.15, 0.2) is 18.3 Å². The first-order valence-electron chi connectivity index (χ1n) is 3.45. The first-order valence-corrected chi connectivity index (χ1v) is 3.83. The van der Waals surface area contributed by atoms with Crippen LogP contribution in [0.4, 0.5) is 0 Å². The van der Waals surface area contributed by atoms with Crippen LogP contribution in [-0.2, 0) is 9.47 Å². The first kappa shape index (κ1) is 9.45. The number of hydrogen-bond acceptors (Lipinski definition) is 3. The number of rotatable bonds is 3. The summed E-state index contributed by atoms with van der Waals surface area (Å²) in [6.45, 7) is 0. The van der Waals surface area contributed by atoms with Crippen molar-refractivity contribution >= 4 is 11.6 Å². The number of pyridine rings is 1. The predicted octanol–water partition coefficient (Wildman–Crippen LogP) is 2.03. The second-order valence-corrected chi connectivity index (χ2v) is 2.54. The van der Waals surface area contributed by atoms with Crippen molar-refractivity contribution in [1.82, 2.24) is 4.98 Å². The maximum Gasteiger partial charge on any atom is 0.186 e. The van der Waals surface area contributed by atoms with Gasteiger partial charge in [0.2, 0.25) is 0 Å². The zero-order chi connectivity index (χ0) is 8.97. The second kappa shape index (κ2) is 4.40. The van der Waals surface area contributed by atoms with E-state index in [9.17, 15) is 0 Å². The largest absolute Gasteiger partial charge is 0.352 e. The molecule has 0 bridgehead atoms. The highest BCUT2D eigenvalue weighted by Crippen LogP contribution is 2.22. The highest BCUT2D eigenvalue weighted by atomic mass is 35.5. The molecule has 1 heterocycles. The molecule has 1 aromatic rings. The molecule has 0 aliphatic rings. The smallest absolute Gasteiger partial charge is 0.186 e. The van der Waals surface area contributed by atoms with Crippen LogP contribution < -0.4 is 0 Å². The molecule has 0 radical (unpaired) electrons. The SMILES string of the molecule is COC(OC)c1cccnc1Cl. The molecule has 66 valence electrons. The Morgan fingerprint density at radius 2 is 2.08 bits per heavy atom. The van der Waals surface area contributed by atoms with Gasteiger partial charge in [0.25, 0.3) is 0 Å².